The summed E-state index contributed by atoms with van der Waals surface area (Å²) < 4.78 is 4.73. The minimum Gasteiger partial charge on any atom is -0.464 e. The number of aromatic nitrogens is 1. The van der Waals surface area contributed by atoms with E-state index in [0.717, 1.165) is 10.0 Å². The molecule has 1 aromatic rings. The molecular weight excluding hydrogens is 260 g/mol. The molecule has 0 atom stereocenters. The maximum Gasteiger partial charge on any atom is 0.357 e. The zero-order chi connectivity index (χ0) is 13.7. The van der Waals surface area contributed by atoms with Crippen LogP contribution in [0.3, 0.4) is 0 Å². The average molecular weight is 282 g/mol. The topological polar surface area (TPSA) is 51.2 Å². The van der Waals surface area contributed by atoms with Gasteiger partial charge in [0.25, 0.3) is 0 Å². The second kappa shape index (κ2) is 6.89. The number of thiazole rings is 1. The molecule has 1 aromatic heterocycles. The number of rotatable bonds is 3. The van der Waals surface area contributed by atoms with Gasteiger partial charge >= 0.3 is 5.97 Å². The molecule has 0 unspecified atom stereocenters. The molecule has 106 valence electrons. The molecule has 0 radical (unpaired) electrons. The second-order valence-electron chi connectivity index (χ2n) is 5.10. The van der Waals surface area contributed by atoms with Crippen LogP contribution in [0.5, 0.6) is 0 Å². The second-order valence-corrected chi connectivity index (χ2v) is 6.30. The lowest BCUT2D eigenvalue weighted by Gasteiger charge is -2.20. The van der Waals surface area contributed by atoms with Crippen molar-refractivity contribution in [2.75, 3.05) is 12.4 Å². The maximum absolute atomic E-state index is 11.5. The van der Waals surface area contributed by atoms with Crippen LogP contribution in [0.25, 0.3) is 0 Å². The van der Waals surface area contributed by atoms with Gasteiger partial charge in [0.05, 0.1) is 7.11 Å². The lowest BCUT2D eigenvalue weighted by atomic mass is 9.97. The Morgan fingerprint density at radius 3 is 2.53 bits per heavy atom. The summed E-state index contributed by atoms with van der Waals surface area (Å²) in [6, 6.07) is 0.497. The molecular formula is C14H22N2O2S. The molecule has 0 aromatic carbocycles. The number of nitrogens with one attached hydrogen (secondary N) is 1. The van der Waals surface area contributed by atoms with Crippen molar-refractivity contribution in [2.24, 2.45) is 0 Å². The van der Waals surface area contributed by atoms with Crippen LogP contribution < -0.4 is 5.32 Å². The highest BCUT2D eigenvalue weighted by Crippen LogP contribution is 2.26. The molecule has 0 spiro atoms. The van der Waals surface area contributed by atoms with Gasteiger partial charge in [-0.05, 0) is 19.8 Å². The van der Waals surface area contributed by atoms with E-state index in [1.54, 1.807) is 11.3 Å². The van der Waals surface area contributed by atoms with Crippen LogP contribution in [0.4, 0.5) is 5.13 Å². The third-order valence-electron chi connectivity index (χ3n) is 3.61. The van der Waals surface area contributed by atoms with Gasteiger partial charge in [-0.3, -0.25) is 0 Å². The molecule has 0 saturated heterocycles. The van der Waals surface area contributed by atoms with E-state index in [2.05, 4.69) is 10.3 Å². The molecule has 1 aliphatic rings. The normalized spacial score (nSPS) is 17.6. The number of hydrogen-bond acceptors (Lipinski definition) is 5. The van der Waals surface area contributed by atoms with E-state index < -0.39 is 0 Å². The fourth-order valence-electron chi connectivity index (χ4n) is 2.52. The molecule has 0 amide bonds. The summed E-state index contributed by atoms with van der Waals surface area (Å²) in [7, 11) is 1.39. The summed E-state index contributed by atoms with van der Waals surface area (Å²) in [6.45, 7) is 1.91. The van der Waals surface area contributed by atoms with E-state index in [1.807, 2.05) is 6.92 Å². The molecule has 1 fully saturated rings. The third-order valence-corrected chi connectivity index (χ3v) is 4.51. The smallest absolute Gasteiger partial charge is 0.357 e. The van der Waals surface area contributed by atoms with Gasteiger partial charge in [0.15, 0.2) is 10.8 Å². The van der Waals surface area contributed by atoms with Crippen molar-refractivity contribution in [3.8, 4) is 0 Å². The zero-order valence-electron chi connectivity index (χ0n) is 11.7. The van der Waals surface area contributed by atoms with Crippen molar-refractivity contribution < 1.29 is 9.53 Å². The van der Waals surface area contributed by atoms with Crippen LogP contribution in [0, 0.1) is 6.92 Å². The summed E-state index contributed by atoms with van der Waals surface area (Å²) in [6.07, 6.45) is 9.01. The molecule has 0 aliphatic heterocycles. The van der Waals surface area contributed by atoms with Crippen molar-refractivity contribution in [1.29, 1.82) is 0 Å². The van der Waals surface area contributed by atoms with E-state index in [4.69, 9.17) is 4.74 Å². The Labute approximate surface area is 118 Å². The van der Waals surface area contributed by atoms with Crippen molar-refractivity contribution >= 4 is 22.4 Å². The molecule has 1 heterocycles. The van der Waals surface area contributed by atoms with Crippen molar-refractivity contribution in [3.05, 3.63) is 10.6 Å². The fraction of sp³-hybridized carbons (Fsp3) is 0.714. The molecule has 1 saturated carbocycles. The summed E-state index contributed by atoms with van der Waals surface area (Å²) >= 11 is 1.54. The number of nitrogens with zero attached hydrogens (tertiary/aromatic N) is 1. The first-order valence-electron chi connectivity index (χ1n) is 7.03. The van der Waals surface area contributed by atoms with Crippen molar-refractivity contribution in [1.82, 2.24) is 4.98 Å². The van der Waals surface area contributed by atoms with E-state index in [0.29, 0.717) is 11.7 Å². The lowest BCUT2D eigenvalue weighted by Crippen LogP contribution is -2.20. The predicted molar refractivity (Wildman–Crippen MR) is 77.9 cm³/mol. The molecule has 1 N–H and O–H groups in total. The first-order chi connectivity index (χ1) is 9.20. The highest BCUT2D eigenvalue weighted by atomic mass is 32.1. The molecule has 2 rings (SSSR count). The molecule has 4 nitrogen and oxygen atoms in total. The minimum absolute atomic E-state index is 0.348. The van der Waals surface area contributed by atoms with Gasteiger partial charge < -0.3 is 10.1 Å². The summed E-state index contributed by atoms with van der Waals surface area (Å²) in [5.74, 6) is -0.348. The Balaban J connectivity index is 1.99. The number of esters is 1. The average Bonchev–Trinajstić information content (AvgIpc) is 2.72. The van der Waals surface area contributed by atoms with Crippen LogP contribution in [0.1, 0.15) is 60.3 Å². The first-order valence-corrected chi connectivity index (χ1v) is 7.84. The SMILES string of the molecule is COC(=O)c1nc(NC2CCCCCCC2)sc1C. The summed E-state index contributed by atoms with van der Waals surface area (Å²) in [4.78, 5) is 16.8. The third kappa shape index (κ3) is 3.93. The van der Waals surface area contributed by atoms with Crippen LogP contribution in [-0.2, 0) is 4.74 Å². The first kappa shape index (κ1) is 14.3. The molecule has 0 bridgehead atoms. The molecule has 19 heavy (non-hydrogen) atoms. The van der Waals surface area contributed by atoms with Gasteiger partial charge in [-0.15, -0.1) is 11.3 Å². The van der Waals surface area contributed by atoms with Crippen LogP contribution in [0.15, 0.2) is 0 Å². The van der Waals surface area contributed by atoms with Crippen molar-refractivity contribution in [2.45, 2.75) is 57.9 Å². The Hall–Kier alpha value is -1.10. The molecule has 1 aliphatic carbocycles. The number of carbonyl (C=O) groups excluding carboxylic acids is 1. The van der Waals surface area contributed by atoms with E-state index >= 15 is 0 Å². The summed E-state index contributed by atoms with van der Waals surface area (Å²) in [5, 5.41) is 4.34. The standard InChI is InChI=1S/C14H22N2O2S/c1-10-12(13(17)18-2)16-14(19-10)15-11-8-6-4-3-5-7-9-11/h11H,3-9H2,1-2H3,(H,15,16). The Morgan fingerprint density at radius 1 is 1.26 bits per heavy atom. The number of methoxy groups -OCH3 is 1. The van der Waals surface area contributed by atoms with Gasteiger partial charge in [-0.2, -0.15) is 0 Å². The van der Waals surface area contributed by atoms with E-state index in [-0.39, 0.29) is 5.97 Å². The quantitative estimate of drug-likeness (QED) is 0.858. The van der Waals surface area contributed by atoms with E-state index in [9.17, 15) is 4.79 Å². The van der Waals surface area contributed by atoms with E-state index in [1.165, 1.54) is 52.1 Å². The highest BCUT2D eigenvalue weighted by molar-refractivity contribution is 7.15. The monoisotopic (exact) mass is 282 g/mol. The highest BCUT2D eigenvalue weighted by Gasteiger charge is 2.18. The Kier molecular flexibility index (Phi) is 5.19. The number of ether oxygens (including phenoxy) is 1. The number of aryl methyl sites for hydroxylation is 1. The van der Waals surface area contributed by atoms with Crippen molar-refractivity contribution in [3.63, 3.8) is 0 Å². The number of hydrogen-bond donors (Lipinski definition) is 1. The van der Waals surface area contributed by atoms with Gasteiger partial charge in [0.2, 0.25) is 0 Å². The lowest BCUT2D eigenvalue weighted by molar-refractivity contribution is 0.0594. The van der Waals surface area contributed by atoms with Gasteiger partial charge in [0.1, 0.15) is 0 Å². The Bertz CT molecular complexity index is 423. The number of carbonyl (C=O) groups is 1. The fourth-order valence-corrected chi connectivity index (χ4v) is 3.40. The van der Waals surface area contributed by atoms with Crippen LogP contribution in [-0.4, -0.2) is 24.1 Å². The minimum atomic E-state index is -0.348. The van der Waals surface area contributed by atoms with Gasteiger partial charge in [0, 0.05) is 10.9 Å². The van der Waals surface area contributed by atoms with Crippen LogP contribution >= 0.6 is 11.3 Å². The zero-order valence-corrected chi connectivity index (χ0v) is 12.5. The summed E-state index contributed by atoms with van der Waals surface area (Å²) in [5.41, 5.74) is 0.445. The molecule has 5 heteroatoms. The van der Waals surface area contributed by atoms with Gasteiger partial charge in [-0.1, -0.05) is 32.1 Å². The largest absolute Gasteiger partial charge is 0.464 e. The maximum atomic E-state index is 11.5. The predicted octanol–water partition coefficient (Wildman–Crippen LogP) is 3.76. The Morgan fingerprint density at radius 2 is 1.89 bits per heavy atom. The number of anilines is 1. The van der Waals surface area contributed by atoms with Crippen LogP contribution in [0.2, 0.25) is 0 Å². The van der Waals surface area contributed by atoms with Gasteiger partial charge in [-0.25, -0.2) is 9.78 Å².